The summed E-state index contributed by atoms with van der Waals surface area (Å²) >= 11 is 0. The highest BCUT2D eigenvalue weighted by Gasteiger charge is 2.12. The van der Waals surface area contributed by atoms with Crippen LogP contribution in [0.2, 0.25) is 0 Å². The van der Waals surface area contributed by atoms with Crippen LogP contribution in [0.15, 0.2) is 0 Å². The van der Waals surface area contributed by atoms with Gasteiger partial charge in [0, 0.05) is 12.8 Å². The van der Waals surface area contributed by atoms with Crippen molar-refractivity contribution in [1.29, 1.82) is 0 Å². The SMILES string of the molecule is COC(=O)C(=O)CCCCCC=O. The van der Waals surface area contributed by atoms with E-state index in [1.807, 2.05) is 0 Å². The number of Topliss-reactive ketones (excluding diaryl/α,β-unsaturated/α-hetero) is 1. The zero-order valence-corrected chi connectivity index (χ0v) is 7.75. The molecule has 0 aromatic rings. The van der Waals surface area contributed by atoms with E-state index in [2.05, 4.69) is 4.74 Å². The number of esters is 1. The monoisotopic (exact) mass is 186 g/mol. The van der Waals surface area contributed by atoms with Gasteiger partial charge in [-0.2, -0.15) is 0 Å². The lowest BCUT2D eigenvalue weighted by atomic mass is 10.1. The molecule has 0 radical (unpaired) electrons. The van der Waals surface area contributed by atoms with Crippen LogP contribution >= 0.6 is 0 Å². The average molecular weight is 186 g/mol. The van der Waals surface area contributed by atoms with E-state index < -0.39 is 11.8 Å². The summed E-state index contributed by atoms with van der Waals surface area (Å²) in [4.78, 5) is 31.4. The van der Waals surface area contributed by atoms with Crippen LogP contribution in [-0.2, 0) is 19.1 Å². The van der Waals surface area contributed by atoms with E-state index in [0.29, 0.717) is 12.8 Å². The smallest absolute Gasteiger partial charge is 0.374 e. The molecule has 0 N–H and O–H groups in total. The first kappa shape index (κ1) is 11.8. The topological polar surface area (TPSA) is 60.4 Å². The molecule has 13 heavy (non-hydrogen) atoms. The fourth-order valence-corrected chi connectivity index (χ4v) is 0.906. The van der Waals surface area contributed by atoms with Crippen molar-refractivity contribution in [2.75, 3.05) is 7.11 Å². The largest absolute Gasteiger partial charge is 0.463 e. The van der Waals surface area contributed by atoms with E-state index in [9.17, 15) is 14.4 Å². The molecule has 0 heterocycles. The zero-order chi connectivity index (χ0) is 10.1. The van der Waals surface area contributed by atoms with Crippen LogP contribution < -0.4 is 0 Å². The van der Waals surface area contributed by atoms with Gasteiger partial charge in [0.15, 0.2) is 0 Å². The van der Waals surface area contributed by atoms with Gasteiger partial charge in [0.05, 0.1) is 7.11 Å². The van der Waals surface area contributed by atoms with Crippen LogP contribution in [0.3, 0.4) is 0 Å². The zero-order valence-electron chi connectivity index (χ0n) is 7.75. The van der Waals surface area contributed by atoms with E-state index in [1.54, 1.807) is 0 Å². The second-order valence-corrected chi connectivity index (χ2v) is 2.68. The molecule has 0 saturated carbocycles. The van der Waals surface area contributed by atoms with E-state index in [4.69, 9.17) is 0 Å². The van der Waals surface area contributed by atoms with Gasteiger partial charge in [-0.05, 0) is 12.8 Å². The fraction of sp³-hybridized carbons (Fsp3) is 0.667. The normalized spacial score (nSPS) is 9.31. The molecular formula is C9H14O4. The van der Waals surface area contributed by atoms with E-state index in [-0.39, 0.29) is 6.42 Å². The number of aldehydes is 1. The van der Waals surface area contributed by atoms with Crippen molar-refractivity contribution in [2.45, 2.75) is 32.1 Å². The van der Waals surface area contributed by atoms with E-state index in [1.165, 1.54) is 7.11 Å². The van der Waals surface area contributed by atoms with Crippen molar-refractivity contribution in [3.8, 4) is 0 Å². The Labute approximate surface area is 77.3 Å². The molecule has 4 nitrogen and oxygen atoms in total. The molecule has 0 bridgehead atoms. The first-order valence-corrected chi connectivity index (χ1v) is 4.27. The van der Waals surface area contributed by atoms with Crippen molar-refractivity contribution >= 4 is 18.0 Å². The van der Waals surface area contributed by atoms with Gasteiger partial charge in [-0.15, -0.1) is 0 Å². The number of hydrogen-bond acceptors (Lipinski definition) is 4. The lowest BCUT2D eigenvalue weighted by molar-refractivity contribution is -0.151. The van der Waals surface area contributed by atoms with Gasteiger partial charge in [-0.3, -0.25) is 4.79 Å². The Bertz CT molecular complexity index is 186. The first-order valence-electron chi connectivity index (χ1n) is 4.27. The maximum absolute atomic E-state index is 10.9. The standard InChI is InChI=1S/C9H14O4/c1-13-9(12)8(11)6-4-2-3-5-7-10/h7H,2-6H2,1H3. The molecule has 4 heteroatoms. The highest BCUT2D eigenvalue weighted by Crippen LogP contribution is 2.02. The summed E-state index contributed by atoms with van der Waals surface area (Å²) < 4.78 is 4.25. The highest BCUT2D eigenvalue weighted by atomic mass is 16.5. The predicted octanol–water partition coefficient (Wildman–Crippen LogP) is 0.878. The molecule has 74 valence electrons. The number of ether oxygens (including phenoxy) is 1. The minimum absolute atomic E-state index is 0.214. The van der Waals surface area contributed by atoms with Gasteiger partial charge in [0.2, 0.25) is 5.78 Å². The Morgan fingerprint density at radius 1 is 1.23 bits per heavy atom. The van der Waals surface area contributed by atoms with Gasteiger partial charge in [-0.1, -0.05) is 6.42 Å². The summed E-state index contributed by atoms with van der Waals surface area (Å²) in [5.41, 5.74) is 0. The minimum atomic E-state index is -0.782. The number of methoxy groups -OCH3 is 1. The number of carbonyl (C=O) groups excluding carboxylic acids is 3. The summed E-state index contributed by atoms with van der Waals surface area (Å²) in [6.45, 7) is 0. The maximum atomic E-state index is 10.9. The van der Waals surface area contributed by atoms with Crippen LogP contribution in [0, 0.1) is 0 Å². The molecular weight excluding hydrogens is 172 g/mol. The molecule has 0 spiro atoms. The van der Waals surface area contributed by atoms with Crippen molar-refractivity contribution < 1.29 is 19.1 Å². The van der Waals surface area contributed by atoms with Crippen molar-refractivity contribution in [2.24, 2.45) is 0 Å². The molecule has 0 amide bonds. The molecule has 0 aromatic heterocycles. The Hall–Kier alpha value is -1.19. The lowest BCUT2D eigenvalue weighted by Gasteiger charge is -1.97. The second kappa shape index (κ2) is 7.46. The third-order valence-corrected chi connectivity index (χ3v) is 1.64. The molecule has 0 atom stereocenters. The number of unbranched alkanes of at least 4 members (excludes halogenated alkanes) is 3. The molecule has 0 unspecified atom stereocenters. The molecule has 0 aliphatic heterocycles. The van der Waals surface area contributed by atoms with Crippen molar-refractivity contribution in [3.05, 3.63) is 0 Å². The van der Waals surface area contributed by atoms with Crippen LogP contribution in [0.5, 0.6) is 0 Å². The quantitative estimate of drug-likeness (QED) is 0.256. The molecule has 0 saturated heterocycles. The highest BCUT2D eigenvalue weighted by molar-refractivity contribution is 6.33. The fourth-order valence-electron chi connectivity index (χ4n) is 0.906. The van der Waals surface area contributed by atoms with Crippen molar-refractivity contribution in [1.82, 2.24) is 0 Å². The molecule has 0 aromatic carbocycles. The van der Waals surface area contributed by atoms with Crippen LogP contribution in [0.25, 0.3) is 0 Å². The van der Waals surface area contributed by atoms with Gasteiger partial charge in [-0.25, -0.2) is 4.79 Å². The van der Waals surface area contributed by atoms with E-state index in [0.717, 1.165) is 19.1 Å². The Morgan fingerprint density at radius 3 is 2.46 bits per heavy atom. The molecule has 0 aliphatic carbocycles. The van der Waals surface area contributed by atoms with Gasteiger partial charge in [0.1, 0.15) is 6.29 Å². The summed E-state index contributed by atoms with van der Waals surface area (Å²) in [7, 11) is 1.19. The third kappa shape index (κ3) is 6.02. The summed E-state index contributed by atoms with van der Waals surface area (Å²) in [6, 6.07) is 0. The number of ketones is 1. The van der Waals surface area contributed by atoms with Crippen LogP contribution in [0.4, 0.5) is 0 Å². The molecule has 0 aliphatic rings. The molecule has 0 fully saturated rings. The first-order chi connectivity index (χ1) is 6.22. The van der Waals surface area contributed by atoms with Gasteiger partial charge >= 0.3 is 5.97 Å². The lowest BCUT2D eigenvalue weighted by Crippen LogP contribution is -2.14. The summed E-state index contributed by atoms with van der Waals surface area (Å²) in [5.74, 6) is -1.27. The minimum Gasteiger partial charge on any atom is -0.463 e. The van der Waals surface area contributed by atoms with Gasteiger partial charge in [0.25, 0.3) is 0 Å². The number of hydrogen-bond donors (Lipinski definition) is 0. The number of carbonyl (C=O) groups is 3. The summed E-state index contributed by atoms with van der Waals surface area (Å²) in [6.07, 6.45) is 3.79. The van der Waals surface area contributed by atoms with Crippen LogP contribution in [-0.4, -0.2) is 25.1 Å². The maximum Gasteiger partial charge on any atom is 0.374 e. The Balaban J connectivity index is 3.37. The molecule has 0 rings (SSSR count). The predicted molar refractivity (Wildman–Crippen MR) is 46.2 cm³/mol. The van der Waals surface area contributed by atoms with Crippen molar-refractivity contribution in [3.63, 3.8) is 0 Å². The van der Waals surface area contributed by atoms with E-state index >= 15 is 0 Å². The Kier molecular flexibility index (Phi) is 6.78. The van der Waals surface area contributed by atoms with Crippen LogP contribution in [0.1, 0.15) is 32.1 Å². The number of rotatable bonds is 7. The van der Waals surface area contributed by atoms with Gasteiger partial charge < -0.3 is 9.53 Å². The average Bonchev–Trinajstić information content (AvgIpc) is 2.16. The summed E-state index contributed by atoms with van der Waals surface area (Å²) in [5, 5.41) is 0. The Morgan fingerprint density at radius 2 is 1.92 bits per heavy atom. The second-order valence-electron chi connectivity index (χ2n) is 2.68. The third-order valence-electron chi connectivity index (χ3n) is 1.64.